The average Bonchev–Trinajstić information content (AvgIpc) is 2.14. The van der Waals surface area contributed by atoms with Crippen LogP contribution in [0.3, 0.4) is 0 Å². The van der Waals surface area contributed by atoms with Gasteiger partial charge in [0.25, 0.3) is 0 Å². The molecule has 0 rings (SSSR count). The molecular weight excluding hydrogens is 222 g/mol. The summed E-state index contributed by atoms with van der Waals surface area (Å²) in [5, 5.41) is 0. The minimum Gasteiger partial charge on any atom is -0.465 e. The van der Waals surface area contributed by atoms with E-state index in [0.29, 0.717) is 0 Å². The van der Waals surface area contributed by atoms with Gasteiger partial charge in [0.05, 0.1) is 13.2 Å². The quantitative estimate of drug-likeness (QED) is 0.551. The lowest BCUT2D eigenvalue weighted by Gasteiger charge is -2.25. The zero-order chi connectivity index (χ0) is 13.5. The molecule has 0 aliphatic rings. The number of terminal acetylenes is 1. The van der Waals surface area contributed by atoms with Crippen LogP contribution in [0.5, 0.6) is 0 Å². The largest absolute Gasteiger partial charge is 0.465 e. The van der Waals surface area contributed by atoms with Gasteiger partial charge in [0.1, 0.15) is 12.1 Å². The second-order valence-corrected chi connectivity index (χ2v) is 4.35. The molecule has 5 heteroatoms. The SMILES string of the molecule is C#CCN(CC(=O)OCC)C(=O)OC(C)(C)C. The summed E-state index contributed by atoms with van der Waals surface area (Å²) in [6.07, 6.45) is 4.51. The highest BCUT2D eigenvalue weighted by Gasteiger charge is 2.23. The first-order valence-corrected chi connectivity index (χ1v) is 5.37. The molecule has 0 radical (unpaired) electrons. The van der Waals surface area contributed by atoms with Gasteiger partial charge in [-0.1, -0.05) is 5.92 Å². The molecule has 0 bridgehead atoms. The van der Waals surface area contributed by atoms with Crippen molar-refractivity contribution in [2.45, 2.75) is 33.3 Å². The minimum absolute atomic E-state index is 0.00767. The molecule has 0 saturated heterocycles. The van der Waals surface area contributed by atoms with Crippen molar-refractivity contribution in [3.8, 4) is 12.3 Å². The molecule has 0 heterocycles. The highest BCUT2D eigenvalue weighted by Crippen LogP contribution is 2.09. The summed E-state index contributed by atoms with van der Waals surface area (Å²) in [5.41, 5.74) is -0.626. The number of ether oxygens (including phenoxy) is 2. The number of hydrogen-bond donors (Lipinski definition) is 0. The smallest absolute Gasteiger partial charge is 0.411 e. The maximum Gasteiger partial charge on any atom is 0.411 e. The van der Waals surface area contributed by atoms with E-state index in [1.54, 1.807) is 27.7 Å². The molecule has 0 fully saturated rings. The molecule has 17 heavy (non-hydrogen) atoms. The Hall–Kier alpha value is -1.70. The van der Waals surface area contributed by atoms with Crippen molar-refractivity contribution in [3.05, 3.63) is 0 Å². The summed E-state index contributed by atoms with van der Waals surface area (Å²) in [5.74, 6) is 1.79. The number of hydrogen-bond acceptors (Lipinski definition) is 4. The van der Waals surface area contributed by atoms with E-state index in [2.05, 4.69) is 5.92 Å². The third kappa shape index (κ3) is 7.23. The molecular formula is C12H19NO4. The second-order valence-electron chi connectivity index (χ2n) is 4.35. The van der Waals surface area contributed by atoms with Crippen molar-refractivity contribution in [1.82, 2.24) is 4.90 Å². The molecule has 0 unspecified atom stereocenters. The third-order valence-corrected chi connectivity index (χ3v) is 1.56. The zero-order valence-corrected chi connectivity index (χ0v) is 10.8. The van der Waals surface area contributed by atoms with Crippen LogP contribution in [0.2, 0.25) is 0 Å². The van der Waals surface area contributed by atoms with E-state index < -0.39 is 17.7 Å². The normalized spacial score (nSPS) is 10.3. The van der Waals surface area contributed by atoms with E-state index >= 15 is 0 Å². The maximum atomic E-state index is 11.7. The topological polar surface area (TPSA) is 55.8 Å². The summed E-state index contributed by atoms with van der Waals surface area (Å²) in [7, 11) is 0. The van der Waals surface area contributed by atoms with Crippen LogP contribution in [0.1, 0.15) is 27.7 Å². The molecule has 5 nitrogen and oxygen atoms in total. The van der Waals surface area contributed by atoms with Crippen LogP contribution in [0.15, 0.2) is 0 Å². The molecule has 0 saturated carbocycles. The number of carbonyl (C=O) groups is 2. The van der Waals surface area contributed by atoms with Gasteiger partial charge in [0.15, 0.2) is 0 Å². The fourth-order valence-corrected chi connectivity index (χ4v) is 0.984. The molecule has 0 aromatic carbocycles. The Morgan fingerprint density at radius 3 is 2.35 bits per heavy atom. The Labute approximate surface area is 102 Å². The Morgan fingerprint density at radius 2 is 1.94 bits per heavy atom. The molecule has 96 valence electrons. The molecule has 0 spiro atoms. The lowest BCUT2D eigenvalue weighted by atomic mass is 10.2. The van der Waals surface area contributed by atoms with Gasteiger partial charge in [-0.2, -0.15) is 0 Å². The summed E-state index contributed by atoms with van der Waals surface area (Å²) in [6.45, 7) is 6.98. The van der Waals surface area contributed by atoms with Crippen molar-refractivity contribution < 1.29 is 19.1 Å². The van der Waals surface area contributed by atoms with Crippen LogP contribution >= 0.6 is 0 Å². The van der Waals surface area contributed by atoms with Crippen molar-refractivity contribution in [1.29, 1.82) is 0 Å². The minimum atomic E-state index is -0.626. The van der Waals surface area contributed by atoms with E-state index in [0.717, 1.165) is 4.90 Å². The van der Waals surface area contributed by atoms with Gasteiger partial charge in [-0.05, 0) is 27.7 Å². The van der Waals surface area contributed by atoms with Crippen LogP contribution < -0.4 is 0 Å². The summed E-state index contributed by atoms with van der Waals surface area (Å²) >= 11 is 0. The van der Waals surface area contributed by atoms with Crippen molar-refractivity contribution in [2.75, 3.05) is 19.7 Å². The molecule has 0 N–H and O–H groups in total. The van der Waals surface area contributed by atoms with Gasteiger partial charge in [-0.3, -0.25) is 9.69 Å². The first-order chi connectivity index (χ1) is 7.80. The van der Waals surface area contributed by atoms with Crippen LogP contribution in [0, 0.1) is 12.3 Å². The van der Waals surface area contributed by atoms with Crippen LogP contribution in [0.4, 0.5) is 4.79 Å². The highest BCUT2D eigenvalue weighted by atomic mass is 16.6. The number of carbonyl (C=O) groups excluding carboxylic acids is 2. The molecule has 0 atom stereocenters. The fourth-order valence-electron chi connectivity index (χ4n) is 0.984. The maximum absolute atomic E-state index is 11.7. The lowest BCUT2D eigenvalue weighted by Crippen LogP contribution is -2.40. The first-order valence-electron chi connectivity index (χ1n) is 5.37. The summed E-state index contributed by atoms with van der Waals surface area (Å²) in [4.78, 5) is 24.1. The van der Waals surface area contributed by atoms with Gasteiger partial charge >= 0.3 is 12.1 Å². The van der Waals surface area contributed by atoms with E-state index in [9.17, 15) is 9.59 Å². The second kappa shape index (κ2) is 6.79. The number of amides is 1. The number of nitrogens with zero attached hydrogens (tertiary/aromatic N) is 1. The fraction of sp³-hybridized carbons (Fsp3) is 0.667. The standard InChI is InChI=1S/C12H19NO4/c1-6-8-13(9-10(14)16-7-2)11(15)17-12(3,4)5/h1H,7-9H2,2-5H3. The predicted molar refractivity (Wildman–Crippen MR) is 63.3 cm³/mol. The zero-order valence-electron chi connectivity index (χ0n) is 10.8. The summed E-state index contributed by atoms with van der Waals surface area (Å²) < 4.78 is 9.86. The van der Waals surface area contributed by atoms with Gasteiger partial charge in [-0.15, -0.1) is 6.42 Å². The van der Waals surface area contributed by atoms with Gasteiger partial charge in [0, 0.05) is 0 Å². The first kappa shape index (κ1) is 15.3. The van der Waals surface area contributed by atoms with Gasteiger partial charge in [0.2, 0.25) is 0 Å². The summed E-state index contributed by atoms with van der Waals surface area (Å²) in [6, 6.07) is 0. The van der Waals surface area contributed by atoms with Crippen molar-refractivity contribution in [3.63, 3.8) is 0 Å². The highest BCUT2D eigenvalue weighted by molar-refractivity contribution is 5.78. The van der Waals surface area contributed by atoms with Crippen molar-refractivity contribution in [2.24, 2.45) is 0 Å². The average molecular weight is 241 g/mol. The van der Waals surface area contributed by atoms with E-state index in [4.69, 9.17) is 15.9 Å². The molecule has 0 aromatic rings. The lowest BCUT2D eigenvalue weighted by molar-refractivity contribution is -0.144. The Kier molecular flexibility index (Phi) is 6.11. The molecule has 1 amide bonds. The molecule has 0 aromatic heterocycles. The van der Waals surface area contributed by atoms with Crippen LogP contribution in [0.25, 0.3) is 0 Å². The number of esters is 1. The Bertz CT molecular complexity index is 311. The van der Waals surface area contributed by atoms with E-state index in [1.165, 1.54) is 0 Å². The number of rotatable bonds is 4. The van der Waals surface area contributed by atoms with Gasteiger partial charge < -0.3 is 9.47 Å². The third-order valence-electron chi connectivity index (χ3n) is 1.56. The van der Waals surface area contributed by atoms with E-state index in [1.807, 2.05) is 0 Å². The Morgan fingerprint density at radius 1 is 1.35 bits per heavy atom. The predicted octanol–water partition coefficient (Wildman–Crippen LogP) is 1.42. The van der Waals surface area contributed by atoms with Crippen LogP contribution in [-0.4, -0.2) is 42.3 Å². The van der Waals surface area contributed by atoms with Gasteiger partial charge in [-0.25, -0.2) is 4.79 Å². The van der Waals surface area contributed by atoms with Crippen molar-refractivity contribution >= 4 is 12.1 Å². The van der Waals surface area contributed by atoms with Crippen LogP contribution in [-0.2, 0) is 14.3 Å². The van der Waals surface area contributed by atoms with E-state index in [-0.39, 0.29) is 19.7 Å². The Balaban J connectivity index is 4.47. The molecule has 0 aliphatic carbocycles. The monoisotopic (exact) mass is 241 g/mol. The molecule has 0 aliphatic heterocycles.